The van der Waals surface area contributed by atoms with Gasteiger partial charge >= 0.3 is 0 Å². The van der Waals surface area contributed by atoms with Gasteiger partial charge in [-0.2, -0.15) is 0 Å². The van der Waals surface area contributed by atoms with Gasteiger partial charge in [-0.05, 0) is 65.4 Å². The molecule has 0 spiro atoms. The molecule has 30 heavy (non-hydrogen) atoms. The van der Waals surface area contributed by atoms with E-state index in [0.29, 0.717) is 6.42 Å². The first-order chi connectivity index (χ1) is 14.1. The summed E-state index contributed by atoms with van der Waals surface area (Å²) in [5.74, 6) is -0.194. The minimum atomic E-state index is -0.852. The highest BCUT2D eigenvalue weighted by molar-refractivity contribution is 5.97. The Kier molecular flexibility index (Phi) is 10.8. The van der Waals surface area contributed by atoms with E-state index in [4.69, 9.17) is 9.47 Å². The van der Waals surface area contributed by atoms with Crippen molar-refractivity contribution in [2.75, 3.05) is 14.2 Å². The predicted molar refractivity (Wildman–Crippen MR) is 120 cm³/mol. The molecular formula is C25H38O5. The summed E-state index contributed by atoms with van der Waals surface area (Å²) in [6.45, 7) is 9.48. The van der Waals surface area contributed by atoms with E-state index in [1.807, 2.05) is 19.9 Å². The Morgan fingerprint density at radius 3 is 2.07 bits per heavy atom. The molecule has 1 N–H and O–H groups in total. The number of ether oxygens (including phenoxy) is 2. The Bertz CT molecular complexity index is 739. The molecule has 0 heterocycles. The van der Waals surface area contributed by atoms with Crippen LogP contribution >= 0.6 is 0 Å². The van der Waals surface area contributed by atoms with Crippen molar-refractivity contribution in [2.45, 2.75) is 72.8 Å². The number of hydrogen-bond donors (Lipinski definition) is 1. The van der Waals surface area contributed by atoms with Crippen molar-refractivity contribution in [3.63, 3.8) is 0 Å². The molecule has 0 fully saturated rings. The van der Waals surface area contributed by atoms with E-state index >= 15 is 0 Å². The van der Waals surface area contributed by atoms with Crippen molar-refractivity contribution in [3.8, 4) is 0 Å². The van der Waals surface area contributed by atoms with Crippen LogP contribution in [-0.2, 0) is 19.1 Å². The lowest BCUT2D eigenvalue weighted by atomic mass is 9.77. The average molecular weight is 419 g/mol. The quantitative estimate of drug-likeness (QED) is 0.375. The third-order valence-corrected chi connectivity index (χ3v) is 5.92. The molecule has 0 saturated carbocycles. The molecule has 5 heteroatoms. The Morgan fingerprint density at radius 2 is 1.53 bits per heavy atom. The summed E-state index contributed by atoms with van der Waals surface area (Å²) in [6.07, 6.45) is 9.83. The normalized spacial score (nSPS) is 23.7. The van der Waals surface area contributed by atoms with Crippen molar-refractivity contribution in [3.05, 3.63) is 46.5 Å². The maximum atomic E-state index is 12.5. The van der Waals surface area contributed by atoms with Crippen LogP contribution in [0.3, 0.4) is 0 Å². The number of methoxy groups -OCH3 is 2. The summed E-state index contributed by atoms with van der Waals surface area (Å²) in [4.78, 5) is 23.7. The fourth-order valence-electron chi connectivity index (χ4n) is 3.62. The van der Waals surface area contributed by atoms with Crippen LogP contribution in [0.5, 0.6) is 0 Å². The fraction of sp³-hybridized carbons (Fsp3) is 0.600. The highest BCUT2D eigenvalue weighted by atomic mass is 16.5. The van der Waals surface area contributed by atoms with Crippen LogP contribution in [0.25, 0.3) is 0 Å². The van der Waals surface area contributed by atoms with Crippen molar-refractivity contribution in [1.82, 2.24) is 0 Å². The molecule has 0 aromatic rings. The second kappa shape index (κ2) is 12.5. The molecule has 0 aliphatic heterocycles. The van der Waals surface area contributed by atoms with E-state index in [-0.39, 0.29) is 34.9 Å². The highest BCUT2D eigenvalue weighted by Gasteiger charge is 2.42. The summed E-state index contributed by atoms with van der Waals surface area (Å²) in [6, 6.07) is 0. The van der Waals surface area contributed by atoms with Gasteiger partial charge < -0.3 is 14.6 Å². The van der Waals surface area contributed by atoms with E-state index in [0.717, 1.165) is 31.3 Å². The van der Waals surface area contributed by atoms with Gasteiger partial charge in [0.25, 0.3) is 0 Å². The summed E-state index contributed by atoms with van der Waals surface area (Å²) < 4.78 is 10.4. The minimum absolute atomic E-state index is 0.122. The monoisotopic (exact) mass is 418 g/mol. The van der Waals surface area contributed by atoms with Crippen molar-refractivity contribution >= 4 is 11.6 Å². The number of ketones is 2. The van der Waals surface area contributed by atoms with E-state index in [9.17, 15) is 14.7 Å². The Labute approximate surface area is 181 Å². The first kappa shape index (κ1) is 25.9. The Hall–Kier alpha value is -2.14. The predicted octanol–water partition coefficient (Wildman–Crippen LogP) is 5.07. The molecule has 1 rings (SSSR count). The molecule has 0 aromatic carbocycles. The number of Topliss-reactive ketones (excluding diaryl/α,β-unsaturated/α-hetero) is 2. The highest BCUT2D eigenvalue weighted by Crippen LogP contribution is 2.35. The molecule has 0 radical (unpaired) electrons. The van der Waals surface area contributed by atoms with Gasteiger partial charge in [-0.25, -0.2) is 0 Å². The summed E-state index contributed by atoms with van der Waals surface area (Å²) in [7, 11) is 2.87. The van der Waals surface area contributed by atoms with E-state index in [1.54, 1.807) is 6.92 Å². The smallest absolute Gasteiger partial charge is 0.204 e. The van der Waals surface area contributed by atoms with Crippen molar-refractivity contribution in [2.24, 2.45) is 11.8 Å². The standard InChI is InChI=1S/C25H38O5/c1-16(12-9-13-18(3)20(5)26)10-8-11-17(2)14-15-21-19(4)22(27)24(29-6)25(30-7)23(21)28/h10,13-14,19,21,23,28H,8-9,11-12,15H2,1-7H3. The number of rotatable bonds is 11. The van der Waals surface area contributed by atoms with Gasteiger partial charge in [0.05, 0.1) is 14.2 Å². The summed E-state index contributed by atoms with van der Waals surface area (Å²) in [5, 5.41) is 10.7. The minimum Gasteiger partial charge on any atom is -0.494 e. The summed E-state index contributed by atoms with van der Waals surface area (Å²) >= 11 is 0. The van der Waals surface area contributed by atoms with Crippen LogP contribution < -0.4 is 0 Å². The third kappa shape index (κ3) is 7.28. The van der Waals surface area contributed by atoms with Gasteiger partial charge in [0.15, 0.2) is 11.5 Å². The van der Waals surface area contributed by atoms with Gasteiger partial charge in [-0.1, -0.05) is 36.3 Å². The van der Waals surface area contributed by atoms with Gasteiger partial charge in [-0.15, -0.1) is 0 Å². The van der Waals surface area contributed by atoms with Crippen LogP contribution in [0.15, 0.2) is 46.5 Å². The Balaban J connectivity index is 2.61. The Morgan fingerprint density at radius 1 is 0.967 bits per heavy atom. The largest absolute Gasteiger partial charge is 0.494 e. The first-order valence-corrected chi connectivity index (χ1v) is 10.7. The molecule has 0 aromatic heterocycles. The van der Waals surface area contributed by atoms with Crippen LogP contribution in [0.2, 0.25) is 0 Å². The molecule has 1 aliphatic carbocycles. The lowest BCUT2D eigenvalue weighted by Gasteiger charge is -2.33. The zero-order valence-corrected chi connectivity index (χ0v) is 19.6. The number of carbonyl (C=O) groups excluding carboxylic acids is 2. The second-order valence-corrected chi connectivity index (χ2v) is 8.22. The lowest BCUT2D eigenvalue weighted by molar-refractivity contribution is -0.128. The van der Waals surface area contributed by atoms with E-state index in [1.165, 1.54) is 25.4 Å². The van der Waals surface area contributed by atoms with E-state index < -0.39 is 6.10 Å². The zero-order valence-electron chi connectivity index (χ0n) is 19.6. The lowest BCUT2D eigenvalue weighted by Crippen LogP contribution is -2.40. The van der Waals surface area contributed by atoms with Crippen LogP contribution in [-0.4, -0.2) is 37.0 Å². The maximum Gasteiger partial charge on any atom is 0.204 e. The van der Waals surface area contributed by atoms with Gasteiger partial charge in [0.2, 0.25) is 11.5 Å². The molecule has 0 saturated heterocycles. The van der Waals surface area contributed by atoms with Crippen LogP contribution in [0.4, 0.5) is 0 Å². The topological polar surface area (TPSA) is 72.8 Å². The number of carbonyl (C=O) groups is 2. The molecular weight excluding hydrogens is 380 g/mol. The van der Waals surface area contributed by atoms with Gasteiger partial charge in [0, 0.05) is 11.8 Å². The van der Waals surface area contributed by atoms with Crippen molar-refractivity contribution < 1.29 is 24.2 Å². The molecule has 5 nitrogen and oxygen atoms in total. The van der Waals surface area contributed by atoms with Crippen molar-refractivity contribution in [1.29, 1.82) is 0 Å². The van der Waals surface area contributed by atoms with Crippen LogP contribution in [0.1, 0.15) is 66.7 Å². The van der Waals surface area contributed by atoms with Crippen LogP contribution in [0, 0.1) is 11.8 Å². The molecule has 168 valence electrons. The maximum absolute atomic E-state index is 12.5. The number of hydrogen-bond acceptors (Lipinski definition) is 5. The third-order valence-electron chi connectivity index (χ3n) is 5.92. The number of aliphatic hydroxyl groups excluding tert-OH is 1. The first-order valence-electron chi connectivity index (χ1n) is 10.7. The summed E-state index contributed by atoms with van der Waals surface area (Å²) in [5.41, 5.74) is 3.38. The fourth-order valence-corrected chi connectivity index (χ4v) is 3.62. The SMILES string of the molecule is COC1=C(OC)C(O)C(CC=C(C)CCC=C(C)CCC=C(C)C(C)=O)C(C)C1=O. The van der Waals surface area contributed by atoms with Gasteiger partial charge in [-0.3, -0.25) is 9.59 Å². The average Bonchev–Trinajstić information content (AvgIpc) is 2.70. The molecule has 1 aliphatic rings. The molecule has 3 unspecified atom stereocenters. The molecule has 0 bridgehead atoms. The zero-order chi connectivity index (χ0) is 22.8. The molecule has 0 amide bonds. The molecule has 3 atom stereocenters. The van der Waals surface area contributed by atoms with Gasteiger partial charge in [0.1, 0.15) is 6.10 Å². The number of allylic oxidation sites excluding steroid dienone is 7. The second-order valence-electron chi connectivity index (χ2n) is 8.22. The number of aliphatic hydroxyl groups is 1. The van der Waals surface area contributed by atoms with E-state index in [2.05, 4.69) is 26.0 Å².